The topological polar surface area (TPSA) is 70.7 Å². The summed E-state index contributed by atoms with van der Waals surface area (Å²) in [7, 11) is 0. The van der Waals surface area contributed by atoms with Crippen molar-refractivity contribution >= 4 is 11.3 Å². The number of rotatable bonds is 5. The van der Waals surface area contributed by atoms with Gasteiger partial charge >= 0.3 is 0 Å². The molecule has 0 amide bonds. The smallest absolute Gasteiger partial charge is 0.192 e. The summed E-state index contributed by atoms with van der Waals surface area (Å²) in [6, 6.07) is 1.59. The lowest BCUT2D eigenvalue weighted by atomic mass is 10.1. The molecule has 2 rings (SSSR count). The maximum Gasteiger partial charge on any atom is 0.192 e. The highest BCUT2D eigenvalue weighted by molar-refractivity contribution is 7.14. The molecular formula is C15H22N4OS. The molecule has 0 spiro atoms. The molecule has 5 nitrogen and oxygen atoms in total. The molecule has 0 bridgehead atoms. The molecule has 0 aliphatic rings. The number of aromatic nitrogens is 3. The first-order chi connectivity index (χ1) is 9.85. The van der Waals surface area contributed by atoms with Gasteiger partial charge in [0.15, 0.2) is 10.4 Å². The number of nitrogens with zero attached hydrogens (tertiary/aromatic N) is 2. The first-order valence-corrected chi connectivity index (χ1v) is 7.94. The highest BCUT2D eigenvalue weighted by atomic mass is 32.1. The summed E-state index contributed by atoms with van der Waals surface area (Å²) in [5.74, 6) is 0. The Bertz CT molecular complexity index is 654. The van der Waals surface area contributed by atoms with E-state index in [9.17, 15) is 4.79 Å². The molecule has 0 radical (unpaired) electrons. The van der Waals surface area contributed by atoms with E-state index in [1.807, 2.05) is 6.92 Å². The van der Waals surface area contributed by atoms with Crippen LogP contribution in [0, 0.1) is 6.92 Å². The van der Waals surface area contributed by atoms with Gasteiger partial charge in [-0.05, 0) is 40.7 Å². The largest absolute Gasteiger partial charge is 0.364 e. The fourth-order valence-electron chi connectivity index (χ4n) is 1.91. The Morgan fingerprint density at radius 2 is 2.10 bits per heavy atom. The van der Waals surface area contributed by atoms with Gasteiger partial charge < -0.3 is 10.3 Å². The van der Waals surface area contributed by atoms with E-state index in [1.54, 1.807) is 12.3 Å². The van der Waals surface area contributed by atoms with Crippen molar-refractivity contribution in [3.8, 4) is 10.6 Å². The van der Waals surface area contributed by atoms with Gasteiger partial charge in [0.25, 0.3) is 0 Å². The maximum atomic E-state index is 11.9. The van der Waals surface area contributed by atoms with Crippen molar-refractivity contribution in [1.82, 2.24) is 20.5 Å². The van der Waals surface area contributed by atoms with Gasteiger partial charge in [-0.3, -0.25) is 4.79 Å². The number of aromatic amines is 1. The summed E-state index contributed by atoms with van der Waals surface area (Å²) in [6.45, 7) is 9.27. The quantitative estimate of drug-likeness (QED) is 0.833. The molecule has 2 heterocycles. The van der Waals surface area contributed by atoms with Crippen molar-refractivity contribution < 1.29 is 0 Å². The molecule has 6 heteroatoms. The van der Waals surface area contributed by atoms with E-state index in [-0.39, 0.29) is 11.0 Å². The molecule has 0 saturated carbocycles. The van der Waals surface area contributed by atoms with Crippen molar-refractivity contribution in [2.45, 2.75) is 46.1 Å². The van der Waals surface area contributed by atoms with Crippen LogP contribution in [0.5, 0.6) is 0 Å². The van der Waals surface area contributed by atoms with E-state index in [1.165, 1.54) is 11.3 Å². The Kier molecular flexibility index (Phi) is 4.90. The minimum absolute atomic E-state index is 0.0108. The predicted molar refractivity (Wildman–Crippen MR) is 86.8 cm³/mol. The van der Waals surface area contributed by atoms with Crippen molar-refractivity contribution in [3.05, 3.63) is 33.2 Å². The first-order valence-electron chi connectivity index (χ1n) is 7.12. The minimum Gasteiger partial charge on any atom is -0.364 e. The molecule has 0 saturated heterocycles. The molecule has 0 aliphatic carbocycles. The second kappa shape index (κ2) is 6.49. The molecule has 0 aromatic carbocycles. The van der Waals surface area contributed by atoms with Gasteiger partial charge in [0.1, 0.15) is 5.01 Å². The standard InChI is InChI=1S/C15H22N4OS/c1-10-8-12(20)11(9-16-10)14-19-18-13(21-14)6-5-7-17-15(2,3)4/h8-9,17H,5-7H2,1-4H3,(H,16,20). The normalized spacial score (nSPS) is 11.8. The van der Waals surface area contributed by atoms with E-state index < -0.39 is 0 Å². The van der Waals surface area contributed by atoms with Crippen LogP contribution in [-0.4, -0.2) is 27.3 Å². The lowest BCUT2D eigenvalue weighted by Gasteiger charge is -2.20. The van der Waals surface area contributed by atoms with Crippen molar-refractivity contribution in [2.24, 2.45) is 0 Å². The summed E-state index contributed by atoms with van der Waals surface area (Å²) in [5, 5.41) is 13.4. The summed E-state index contributed by atoms with van der Waals surface area (Å²) >= 11 is 1.49. The molecule has 2 aromatic heterocycles. The van der Waals surface area contributed by atoms with E-state index in [0.717, 1.165) is 30.1 Å². The first kappa shape index (κ1) is 15.9. The Balaban J connectivity index is 1.97. The molecular weight excluding hydrogens is 284 g/mol. The summed E-state index contributed by atoms with van der Waals surface area (Å²) in [5.41, 5.74) is 1.57. The Hall–Kier alpha value is -1.53. The monoisotopic (exact) mass is 306 g/mol. The predicted octanol–water partition coefficient (Wildman–Crippen LogP) is 2.52. The Labute approximate surface area is 128 Å². The van der Waals surface area contributed by atoms with E-state index in [2.05, 4.69) is 41.3 Å². The molecule has 2 aromatic rings. The van der Waals surface area contributed by atoms with Gasteiger partial charge in [0.2, 0.25) is 0 Å². The van der Waals surface area contributed by atoms with Crippen LogP contribution in [0.15, 0.2) is 17.1 Å². The van der Waals surface area contributed by atoms with E-state index in [4.69, 9.17) is 0 Å². The van der Waals surface area contributed by atoms with Crippen LogP contribution in [0.3, 0.4) is 0 Å². The number of pyridine rings is 1. The number of hydrogen-bond donors (Lipinski definition) is 2. The molecule has 0 fully saturated rings. The van der Waals surface area contributed by atoms with Gasteiger partial charge in [-0.1, -0.05) is 11.3 Å². The van der Waals surface area contributed by atoms with Crippen LogP contribution in [0.1, 0.15) is 37.9 Å². The van der Waals surface area contributed by atoms with Crippen LogP contribution >= 0.6 is 11.3 Å². The number of nitrogens with one attached hydrogen (secondary N) is 2. The zero-order chi connectivity index (χ0) is 15.5. The fourth-order valence-corrected chi connectivity index (χ4v) is 2.81. The molecule has 21 heavy (non-hydrogen) atoms. The highest BCUT2D eigenvalue weighted by Gasteiger charge is 2.11. The van der Waals surface area contributed by atoms with E-state index in [0.29, 0.717) is 10.6 Å². The summed E-state index contributed by atoms with van der Waals surface area (Å²) < 4.78 is 0. The van der Waals surface area contributed by atoms with Crippen LogP contribution in [-0.2, 0) is 6.42 Å². The zero-order valence-electron chi connectivity index (χ0n) is 13.0. The third-order valence-electron chi connectivity index (χ3n) is 2.98. The molecule has 114 valence electrons. The van der Waals surface area contributed by atoms with Gasteiger partial charge in [0.05, 0.1) is 5.56 Å². The highest BCUT2D eigenvalue weighted by Crippen LogP contribution is 2.20. The summed E-state index contributed by atoms with van der Waals surface area (Å²) in [6.07, 6.45) is 3.60. The van der Waals surface area contributed by atoms with Gasteiger partial charge in [-0.25, -0.2) is 0 Å². The average Bonchev–Trinajstić information content (AvgIpc) is 2.82. The summed E-state index contributed by atoms with van der Waals surface area (Å²) in [4.78, 5) is 15.0. The van der Waals surface area contributed by atoms with Gasteiger partial charge in [-0.2, -0.15) is 0 Å². The second-order valence-electron chi connectivity index (χ2n) is 6.18. The fraction of sp³-hybridized carbons (Fsp3) is 0.533. The average molecular weight is 306 g/mol. The lowest BCUT2D eigenvalue weighted by molar-refractivity contribution is 0.422. The minimum atomic E-state index is -0.0108. The van der Waals surface area contributed by atoms with Gasteiger partial charge in [-0.15, -0.1) is 10.2 Å². The number of aryl methyl sites for hydroxylation is 2. The van der Waals surface area contributed by atoms with Crippen LogP contribution in [0.25, 0.3) is 10.6 Å². The van der Waals surface area contributed by atoms with Crippen molar-refractivity contribution in [3.63, 3.8) is 0 Å². The van der Waals surface area contributed by atoms with Crippen LogP contribution in [0.2, 0.25) is 0 Å². The van der Waals surface area contributed by atoms with Crippen molar-refractivity contribution in [2.75, 3.05) is 6.54 Å². The second-order valence-corrected chi connectivity index (χ2v) is 7.24. The SMILES string of the molecule is Cc1cc(=O)c(-c2nnc(CCCNC(C)(C)C)s2)c[nH]1. The van der Waals surface area contributed by atoms with E-state index >= 15 is 0 Å². The molecule has 0 atom stereocenters. The molecule has 0 aliphatic heterocycles. The third kappa shape index (κ3) is 4.75. The molecule has 0 unspecified atom stereocenters. The Morgan fingerprint density at radius 1 is 1.33 bits per heavy atom. The van der Waals surface area contributed by atoms with Gasteiger partial charge in [0, 0.05) is 29.9 Å². The Morgan fingerprint density at radius 3 is 2.76 bits per heavy atom. The lowest BCUT2D eigenvalue weighted by Crippen LogP contribution is -2.36. The maximum absolute atomic E-state index is 11.9. The number of hydrogen-bond acceptors (Lipinski definition) is 5. The zero-order valence-corrected chi connectivity index (χ0v) is 13.8. The number of H-pyrrole nitrogens is 1. The third-order valence-corrected chi connectivity index (χ3v) is 3.99. The van der Waals surface area contributed by atoms with Crippen LogP contribution in [0.4, 0.5) is 0 Å². The van der Waals surface area contributed by atoms with Crippen molar-refractivity contribution in [1.29, 1.82) is 0 Å². The molecule has 2 N–H and O–H groups in total. The van der Waals surface area contributed by atoms with Crippen LogP contribution < -0.4 is 10.7 Å².